The van der Waals surface area contributed by atoms with Crippen LogP contribution in [-0.4, -0.2) is 50.7 Å². The van der Waals surface area contributed by atoms with Gasteiger partial charge in [-0.2, -0.15) is 0 Å². The molecular formula is C16H24N2O3. The number of likely N-dealkylation sites (tertiary alicyclic amines) is 1. The van der Waals surface area contributed by atoms with Gasteiger partial charge in [0.25, 0.3) is 5.91 Å². The number of benzene rings is 1. The molecular weight excluding hydrogens is 268 g/mol. The summed E-state index contributed by atoms with van der Waals surface area (Å²) in [6, 6.07) is 7.28. The largest absolute Gasteiger partial charge is 0.497 e. The van der Waals surface area contributed by atoms with Gasteiger partial charge in [-0.3, -0.25) is 4.79 Å². The zero-order valence-electron chi connectivity index (χ0n) is 13.0. The molecule has 0 aromatic heterocycles. The van der Waals surface area contributed by atoms with Crippen molar-refractivity contribution >= 4 is 5.91 Å². The Balaban J connectivity index is 1.87. The van der Waals surface area contributed by atoms with Crippen LogP contribution in [0.3, 0.4) is 0 Å². The molecule has 0 saturated carbocycles. The number of ether oxygens (including phenoxy) is 2. The minimum Gasteiger partial charge on any atom is -0.497 e. The molecule has 1 aliphatic rings. The molecule has 1 saturated heterocycles. The van der Waals surface area contributed by atoms with Crippen LogP contribution in [0.5, 0.6) is 11.5 Å². The first kappa shape index (κ1) is 15.6. The van der Waals surface area contributed by atoms with Crippen LogP contribution in [0.1, 0.15) is 13.3 Å². The summed E-state index contributed by atoms with van der Waals surface area (Å²) in [4.78, 5) is 14.3. The summed E-state index contributed by atoms with van der Waals surface area (Å²) >= 11 is 0. The smallest absolute Gasteiger partial charge is 0.263 e. The van der Waals surface area contributed by atoms with Gasteiger partial charge in [0.1, 0.15) is 11.5 Å². The van der Waals surface area contributed by atoms with Crippen molar-refractivity contribution in [1.29, 1.82) is 0 Å². The lowest BCUT2D eigenvalue weighted by atomic mass is 10.1. The van der Waals surface area contributed by atoms with E-state index < -0.39 is 6.10 Å². The predicted molar refractivity (Wildman–Crippen MR) is 81.7 cm³/mol. The van der Waals surface area contributed by atoms with E-state index in [1.807, 2.05) is 36.2 Å². The predicted octanol–water partition coefficient (Wildman–Crippen LogP) is 1.53. The molecule has 5 heteroatoms. The number of carbonyl (C=O) groups is 1. The number of hydrogen-bond donors (Lipinski definition) is 1. The summed E-state index contributed by atoms with van der Waals surface area (Å²) in [7, 11) is 3.57. The van der Waals surface area contributed by atoms with E-state index in [0.717, 1.165) is 31.8 Å². The highest BCUT2D eigenvalue weighted by Gasteiger charge is 2.29. The Morgan fingerprint density at radius 3 is 2.67 bits per heavy atom. The van der Waals surface area contributed by atoms with E-state index in [4.69, 9.17) is 9.47 Å². The molecule has 2 rings (SSSR count). The van der Waals surface area contributed by atoms with E-state index in [-0.39, 0.29) is 5.91 Å². The van der Waals surface area contributed by atoms with Crippen LogP contribution in [0, 0.1) is 5.92 Å². The molecule has 1 aliphatic heterocycles. The quantitative estimate of drug-likeness (QED) is 0.864. The van der Waals surface area contributed by atoms with Crippen molar-refractivity contribution in [2.75, 3.05) is 33.8 Å². The number of nitrogens with one attached hydrogen (secondary N) is 1. The molecule has 5 nitrogen and oxygen atoms in total. The summed E-state index contributed by atoms with van der Waals surface area (Å²) in [5, 5.41) is 3.17. The SMILES string of the molecule is CNCC1CCN(C(=O)C(C)Oc2ccc(OC)cc2)C1. The van der Waals surface area contributed by atoms with Crippen molar-refractivity contribution in [3.05, 3.63) is 24.3 Å². The number of nitrogens with zero attached hydrogens (tertiary/aromatic N) is 1. The fraction of sp³-hybridized carbons (Fsp3) is 0.562. The normalized spacial score (nSPS) is 19.4. The van der Waals surface area contributed by atoms with E-state index in [2.05, 4.69) is 5.32 Å². The maximum Gasteiger partial charge on any atom is 0.263 e. The molecule has 1 aromatic rings. The number of rotatable bonds is 6. The first-order chi connectivity index (χ1) is 10.1. The molecule has 0 bridgehead atoms. The van der Waals surface area contributed by atoms with Gasteiger partial charge in [0, 0.05) is 13.1 Å². The van der Waals surface area contributed by atoms with Crippen LogP contribution in [-0.2, 0) is 4.79 Å². The molecule has 21 heavy (non-hydrogen) atoms. The highest BCUT2D eigenvalue weighted by atomic mass is 16.5. The van der Waals surface area contributed by atoms with E-state index in [9.17, 15) is 4.79 Å². The Labute approximate surface area is 126 Å². The summed E-state index contributed by atoms with van der Waals surface area (Å²) in [5.41, 5.74) is 0. The number of amides is 1. The highest BCUT2D eigenvalue weighted by Crippen LogP contribution is 2.20. The number of methoxy groups -OCH3 is 1. The second kappa shape index (κ2) is 7.31. The standard InChI is InChI=1S/C16H24N2O3/c1-12(21-15-6-4-14(20-3)5-7-15)16(19)18-9-8-13(11-18)10-17-2/h4-7,12-13,17H,8-11H2,1-3H3. The third kappa shape index (κ3) is 4.11. The summed E-state index contributed by atoms with van der Waals surface area (Å²) in [6.07, 6.45) is 0.591. The molecule has 1 heterocycles. The highest BCUT2D eigenvalue weighted by molar-refractivity contribution is 5.81. The van der Waals surface area contributed by atoms with Gasteiger partial charge in [-0.05, 0) is 57.1 Å². The van der Waals surface area contributed by atoms with Gasteiger partial charge in [0.2, 0.25) is 0 Å². The van der Waals surface area contributed by atoms with Crippen molar-refractivity contribution in [2.24, 2.45) is 5.92 Å². The average molecular weight is 292 g/mol. The topological polar surface area (TPSA) is 50.8 Å². The van der Waals surface area contributed by atoms with Gasteiger partial charge in [-0.25, -0.2) is 0 Å². The van der Waals surface area contributed by atoms with Crippen LogP contribution in [0.15, 0.2) is 24.3 Å². The molecule has 1 aromatic carbocycles. The minimum absolute atomic E-state index is 0.0596. The zero-order chi connectivity index (χ0) is 15.2. The van der Waals surface area contributed by atoms with E-state index >= 15 is 0 Å². The zero-order valence-corrected chi connectivity index (χ0v) is 13.0. The fourth-order valence-corrected chi connectivity index (χ4v) is 2.65. The maximum absolute atomic E-state index is 12.4. The van der Waals surface area contributed by atoms with E-state index in [0.29, 0.717) is 11.7 Å². The van der Waals surface area contributed by atoms with Crippen molar-refractivity contribution < 1.29 is 14.3 Å². The Bertz CT molecular complexity index is 461. The van der Waals surface area contributed by atoms with Gasteiger partial charge in [-0.1, -0.05) is 0 Å². The monoisotopic (exact) mass is 292 g/mol. The molecule has 116 valence electrons. The lowest BCUT2D eigenvalue weighted by molar-refractivity contribution is -0.137. The second-order valence-corrected chi connectivity index (χ2v) is 5.43. The second-order valence-electron chi connectivity index (χ2n) is 5.43. The Kier molecular flexibility index (Phi) is 5.44. The molecule has 2 atom stereocenters. The maximum atomic E-state index is 12.4. The summed E-state index contributed by atoms with van der Waals surface area (Å²) < 4.78 is 10.8. The lowest BCUT2D eigenvalue weighted by Crippen LogP contribution is -2.39. The van der Waals surface area contributed by atoms with Crippen molar-refractivity contribution in [3.8, 4) is 11.5 Å². The van der Waals surface area contributed by atoms with Gasteiger partial charge in [0.15, 0.2) is 6.10 Å². The Morgan fingerprint density at radius 2 is 2.05 bits per heavy atom. The van der Waals surface area contributed by atoms with Crippen LogP contribution in [0.25, 0.3) is 0 Å². The first-order valence-electron chi connectivity index (χ1n) is 7.38. The molecule has 0 spiro atoms. The van der Waals surface area contributed by atoms with Gasteiger partial charge < -0.3 is 19.7 Å². The third-order valence-electron chi connectivity index (χ3n) is 3.81. The average Bonchev–Trinajstić information content (AvgIpc) is 2.96. The number of carbonyl (C=O) groups excluding carboxylic acids is 1. The van der Waals surface area contributed by atoms with Crippen molar-refractivity contribution in [1.82, 2.24) is 10.2 Å². The molecule has 0 radical (unpaired) electrons. The van der Waals surface area contributed by atoms with Crippen LogP contribution in [0.4, 0.5) is 0 Å². The lowest BCUT2D eigenvalue weighted by Gasteiger charge is -2.22. The molecule has 1 N–H and O–H groups in total. The van der Waals surface area contributed by atoms with Gasteiger partial charge in [-0.15, -0.1) is 0 Å². The summed E-state index contributed by atoms with van der Waals surface area (Å²) in [6.45, 7) is 4.40. The number of hydrogen-bond acceptors (Lipinski definition) is 4. The molecule has 1 fully saturated rings. The Hall–Kier alpha value is -1.75. The molecule has 0 aliphatic carbocycles. The first-order valence-corrected chi connectivity index (χ1v) is 7.38. The molecule has 2 unspecified atom stereocenters. The van der Waals surface area contributed by atoms with Crippen molar-refractivity contribution in [2.45, 2.75) is 19.4 Å². The Morgan fingerprint density at radius 1 is 1.38 bits per heavy atom. The van der Waals surface area contributed by atoms with Crippen molar-refractivity contribution in [3.63, 3.8) is 0 Å². The summed E-state index contributed by atoms with van der Waals surface area (Å²) in [5.74, 6) is 2.06. The van der Waals surface area contributed by atoms with Crippen LogP contribution >= 0.6 is 0 Å². The minimum atomic E-state index is -0.466. The van der Waals surface area contributed by atoms with Crippen LogP contribution in [0.2, 0.25) is 0 Å². The molecule has 1 amide bonds. The van der Waals surface area contributed by atoms with E-state index in [1.54, 1.807) is 14.0 Å². The van der Waals surface area contributed by atoms with Crippen LogP contribution < -0.4 is 14.8 Å². The van der Waals surface area contributed by atoms with Gasteiger partial charge in [0.05, 0.1) is 7.11 Å². The fourth-order valence-electron chi connectivity index (χ4n) is 2.65. The van der Waals surface area contributed by atoms with E-state index in [1.165, 1.54) is 0 Å². The van der Waals surface area contributed by atoms with Gasteiger partial charge >= 0.3 is 0 Å². The third-order valence-corrected chi connectivity index (χ3v) is 3.81.